The number of ether oxygens (including phenoxy) is 2. The summed E-state index contributed by atoms with van der Waals surface area (Å²) in [5.74, 6) is 0. The summed E-state index contributed by atoms with van der Waals surface area (Å²) >= 11 is 0. The van der Waals surface area contributed by atoms with Crippen LogP contribution in [-0.4, -0.2) is 49.4 Å². The molecular weight excluding hydrogens is 316 g/mol. The van der Waals surface area contributed by atoms with E-state index in [1.165, 1.54) is 5.56 Å². The van der Waals surface area contributed by atoms with Crippen molar-refractivity contribution in [3.63, 3.8) is 0 Å². The second-order valence-electron chi connectivity index (χ2n) is 8.01. The van der Waals surface area contributed by atoms with Crippen molar-refractivity contribution in [2.75, 3.05) is 38.2 Å². The fourth-order valence-electron chi connectivity index (χ4n) is 3.01. The van der Waals surface area contributed by atoms with Crippen molar-refractivity contribution in [1.29, 1.82) is 0 Å². The molecule has 5 nitrogen and oxygen atoms in total. The Hall–Kier alpha value is -1.75. The van der Waals surface area contributed by atoms with Crippen LogP contribution in [0.2, 0.25) is 0 Å². The van der Waals surface area contributed by atoms with Crippen LogP contribution in [0.4, 0.5) is 10.5 Å². The topological polar surface area (TPSA) is 50.8 Å². The van der Waals surface area contributed by atoms with Crippen molar-refractivity contribution in [3.05, 3.63) is 29.8 Å². The van der Waals surface area contributed by atoms with E-state index in [-0.39, 0.29) is 11.5 Å². The summed E-state index contributed by atoms with van der Waals surface area (Å²) in [4.78, 5) is 14.2. The van der Waals surface area contributed by atoms with Crippen molar-refractivity contribution in [1.82, 2.24) is 4.90 Å². The third kappa shape index (κ3) is 5.92. The van der Waals surface area contributed by atoms with Gasteiger partial charge < -0.3 is 19.7 Å². The molecule has 1 saturated heterocycles. The summed E-state index contributed by atoms with van der Waals surface area (Å²) in [6.07, 6.45) is 0.673. The van der Waals surface area contributed by atoms with Gasteiger partial charge in [-0.2, -0.15) is 0 Å². The molecule has 1 aromatic rings. The van der Waals surface area contributed by atoms with Gasteiger partial charge in [-0.25, -0.2) is 4.79 Å². The third-order valence-corrected chi connectivity index (χ3v) is 4.42. The summed E-state index contributed by atoms with van der Waals surface area (Å²) in [5.41, 5.74) is 1.78. The van der Waals surface area contributed by atoms with Crippen LogP contribution in [-0.2, 0) is 9.47 Å². The maximum absolute atomic E-state index is 12.4. The van der Waals surface area contributed by atoms with Gasteiger partial charge in [-0.3, -0.25) is 0 Å². The van der Waals surface area contributed by atoms with Crippen molar-refractivity contribution in [3.8, 4) is 0 Å². The number of carbonyl (C=O) groups excluding carboxylic acids is 1. The normalized spacial score (nSPS) is 20.6. The first kappa shape index (κ1) is 19.6. The van der Waals surface area contributed by atoms with Crippen molar-refractivity contribution in [2.45, 2.75) is 46.6 Å². The van der Waals surface area contributed by atoms with Gasteiger partial charge in [-0.05, 0) is 53.2 Å². The second kappa shape index (κ2) is 8.09. The lowest BCUT2D eigenvalue weighted by molar-refractivity contribution is 0.0223. The Labute approximate surface area is 151 Å². The molecule has 25 heavy (non-hydrogen) atoms. The molecule has 0 spiro atoms. The Morgan fingerprint density at radius 2 is 1.96 bits per heavy atom. The Bertz CT molecular complexity index is 565. The predicted molar refractivity (Wildman–Crippen MR) is 101 cm³/mol. The molecule has 0 aliphatic carbocycles. The highest BCUT2D eigenvalue weighted by atomic mass is 16.6. The zero-order chi connectivity index (χ0) is 18.5. The first-order valence-corrected chi connectivity index (χ1v) is 9.09. The fraction of sp³-hybridized carbons (Fsp3) is 0.650. The highest BCUT2D eigenvalue weighted by molar-refractivity contribution is 5.68. The molecule has 1 aromatic carbocycles. The molecule has 0 aromatic heterocycles. The lowest BCUT2D eigenvalue weighted by Crippen LogP contribution is -2.41. The molecule has 1 amide bonds. The highest BCUT2D eigenvalue weighted by Crippen LogP contribution is 2.32. The van der Waals surface area contributed by atoms with Crippen LogP contribution in [0.5, 0.6) is 0 Å². The SMILES string of the molecule is CCOC[C@]1(CNc2ccc(C)cc2)CCN(C(=O)OC(C)(C)C)C1. The number of hydrogen-bond acceptors (Lipinski definition) is 4. The van der Waals surface area contributed by atoms with Gasteiger partial charge in [0.1, 0.15) is 5.60 Å². The minimum Gasteiger partial charge on any atom is -0.444 e. The average Bonchev–Trinajstić information content (AvgIpc) is 2.96. The molecule has 0 radical (unpaired) electrons. The van der Waals surface area contributed by atoms with E-state index < -0.39 is 5.60 Å². The van der Waals surface area contributed by atoms with E-state index in [0.717, 1.165) is 18.7 Å². The molecule has 2 rings (SSSR count). The van der Waals surface area contributed by atoms with Crippen LogP contribution in [0.15, 0.2) is 24.3 Å². The van der Waals surface area contributed by atoms with Gasteiger partial charge in [0, 0.05) is 37.3 Å². The summed E-state index contributed by atoms with van der Waals surface area (Å²) in [7, 11) is 0. The van der Waals surface area contributed by atoms with Gasteiger partial charge >= 0.3 is 6.09 Å². The van der Waals surface area contributed by atoms with Gasteiger partial charge in [-0.15, -0.1) is 0 Å². The second-order valence-corrected chi connectivity index (χ2v) is 8.01. The molecule has 1 aliphatic rings. The van der Waals surface area contributed by atoms with E-state index in [1.807, 2.05) is 27.7 Å². The van der Waals surface area contributed by atoms with Crippen LogP contribution in [0.3, 0.4) is 0 Å². The van der Waals surface area contributed by atoms with Crippen LogP contribution < -0.4 is 5.32 Å². The minimum absolute atomic E-state index is 0.0855. The number of carbonyl (C=O) groups is 1. The van der Waals surface area contributed by atoms with Gasteiger partial charge in [0.15, 0.2) is 0 Å². The van der Waals surface area contributed by atoms with Crippen molar-refractivity contribution >= 4 is 11.8 Å². The van der Waals surface area contributed by atoms with Crippen LogP contribution in [0.1, 0.15) is 39.7 Å². The molecule has 1 heterocycles. The number of hydrogen-bond donors (Lipinski definition) is 1. The summed E-state index contributed by atoms with van der Waals surface area (Å²) in [6, 6.07) is 8.37. The highest BCUT2D eigenvalue weighted by Gasteiger charge is 2.41. The third-order valence-electron chi connectivity index (χ3n) is 4.42. The summed E-state index contributed by atoms with van der Waals surface area (Å²) < 4.78 is 11.3. The number of amides is 1. The summed E-state index contributed by atoms with van der Waals surface area (Å²) in [6.45, 7) is 13.2. The van der Waals surface area contributed by atoms with Gasteiger partial charge in [-0.1, -0.05) is 17.7 Å². The van der Waals surface area contributed by atoms with Crippen LogP contribution in [0.25, 0.3) is 0 Å². The van der Waals surface area contributed by atoms with E-state index in [2.05, 4.69) is 36.5 Å². The molecule has 1 atom stereocenters. The number of likely N-dealkylation sites (tertiary alicyclic amines) is 1. The molecule has 1 aliphatic heterocycles. The molecule has 140 valence electrons. The first-order valence-electron chi connectivity index (χ1n) is 9.09. The number of nitrogens with one attached hydrogen (secondary N) is 1. The predicted octanol–water partition coefficient (Wildman–Crippen LogP) is 4.07. The molecule has 1 fully saturated rings. The molecule has 0 unspecified atom stereocenters. The maximum atomic E-state index is 12.4. The zero-order valence-corrected chi connectivity index (χ0v) is 16.2. The Balaban J connectivity index is 2.00. The maximum Gasteiger partial charge on any atom is 0.410 e. The first-order chi connectivity index (χ1) is 11.7. The quantitative estimate of drug-likeness (QED) is 0.842. The molecule has 0 saturated carbocycles. The lowest BCUT2D eigenvalue weighted by Gasteiger charge is -2.30. The average molecular weight is 348 g/mol. The molecule has 1 N–H and O–H groups in total. The molecule has 0 bridgehead atoms. The van der Waals surface area contributed by atoms with Crippen LogP contribution >= 0.6 is 0 Å². The smallest absolute Gasteiger partial charge is 0.410 e. The largest absolute Gasteiger partial charge is 0.444 e. The Kier molecular flexibility index (Phi) is 6.33. The number of nitrogens with zero attached hydrogens (tertiary/aromatic N) is 1. The number of anilines is 1. The minimum atomic E-state index is -0.470. The Morgan fingerprint density at radius 1 is 1.28 bits per heavy atom. The number of benzene rings is 1. The van der Waals surface area contributed by atoms with E-state index in [9.17, 15) is 4.79 Å². The number of aryl methyl sites for hydroxylation is 1. The van der Waals surface area contributed by atoms with E-state index in [1.54, 1.807) is 4.90 Å². The van der Waals surface area contributed by atoms with Gasteiger partial charge in [0.25, 0.3) is 0 Å². The van der Waals surface area contributed by atoms with Gasteiger partial charge in [0.05, 0.1) is 6.61 Å². The van der Waals surface area contributed by atoms with E-state index >= 15 is 0 Å². The zero-order valence-electron chi connectivity index (χ0n) is 16.2. The standard InChI is InChI=1S/C20H32N2O3/c1-6-24-15-20(13-21-17-9-7-16(2)8-10-17)11-12-22(14-20)18(23)25-19(3,4)5/h7-10,21H,6,11-15H2,1-5H3/t20-/m0/s1. The lowest BCUT2D eigenvalue weighted by atomic mass is 9.88. The number of rotatable bonds is 6. The van der Waals surface area contributed by atoms with Crippen molar-refractivity contribution < 1.29 is 14.3 Å². The van der Waals surface area contributed by atoms with E-state index in [4.69, 9.17) is 9.47 Å². The molecule has 5 heteroatoms. The monoisotopic (exact) mass is 348 g/mol. The van der Waals surface area contributed by atoms with Crippen LogP contribution in [0, 0.1) is 12.3 Å². The van der Waals surface area contributed by atoms with Crippen molar-refractivity contribution in [2.24, 2.45) is 5.41 Å². The summed E-state index contributed by atoms with van der Waals surface area (Å²) in [5, 5.41) is 3.51. The van der Waals surface area contributed by atoms with Gasteiger partial charge in [0.2, 0.25) is 0 Å². The fourth-order valence-corrected chi connectivity index (χ4v) is 3.01. The molecular formula is C20H32N2O3. The Morgan fingerprint density at radius 3 is 2.56 bits per heavy atom. The van der Waals surface area contributed by atoms with E-state index in [0.29, 0.717) is 26.3 Å².